The van der Waals surface area contributed by atoms with E-state index in [1.165, 1.54) is 0 Å². The Kier molecular flexibility index (Phi) is 5.60. The highest BCUT2D eigenvalue weighted by Crippen LogP contribution is 2.41. The molecule has 0 aliphatic carbocycles. The molecule has 2 aromatic heterocycles. The maximum absolute atomic E-state index is 6.37. The van der Waals surface area contributed by atoms with Crippen molar-refractivity contribution >= 4 is 17.3 Å². The molecule has 2 aromatic carbocycles. The van der Waals surface area contributed by atoms with Crippen molar-refractivity contribution in [3.8, 4) is 17.1 Å². The molecule has 4 aromatic rings. The predicted octanol–water partition coefficient (Wildman–Crippen LogP) is 5.52. The first kappa shape index (κ1) is 20.3. The summed E-state index contributed by atoms with van der Waals surface area (Å²) >= 11 is 5.76. The first-order valence-corrected chi connectivity index (χ1v) is 10.9. The third-order valence-corrected chi connectivity index (χ3v) is 6.04. The Morgan fingerprint density at radius 3 is 2.47 bits per heavy atom. The molecule has 0 amide bonds. The Labute approximate surface area is 192 Å². The van der Waals surface area contributed by atoms with Gasteiger partial charge in [0.2, 0.25) is 0 Å². The van der Waals surface area contributed by atoms with Crippen molar-refractivity contribution < 1.29 is 9.15 Å². The summed E-state index contributed by atoms with van der Waals surface area (Å²) in [5.74, 6) is 2.51. The standard InChI is InChI=1S/C26H23N3O2S/c1-30-20-12-10-18(11-13-20)17-29-25(24(28-26(29)32)21-9-5-6-16-27-21)23-15-14-22(31-23)19-7-3-2-4-8-19/h2-16,24-25H,17H2,1H3,(H,28,32)/t24-,25-/m1/s1. The van der Waals surface area contributed by atoms with Crippen LogP contribution in [-0.4, -0.2) is 22.1 Å². The van der Waals surface area contributed by atoms with Crippen LogP contribution < -0.4 is 10.1 Å². The topological polar surface area (TPSA) is 50.5 Å². The third kappa shape index (κ3) is 3.97. The van der Waals surface area contributed by atoms with Gasteiger partial charge >= 0.3 is 0 Å². The van der Waals surface area contributed by atoms with Crippen LogP contribution >= 0.6 is 12.2 Å². The van der Waals surface area contributed by atoms with Crippen molar-refractivity contribution in [2.45, 2.75) is 18.6 Å². The van der Waals surface area contributed by atoms with Crippen LogP contribution in [0.1, 0.15) is 29.1 Å². The Morgan fingerprint density at radius 1 is 0.969 bits per heavy atom. The SMILES string of the molecule is COc1ccc(CN2C(=S)N[C@H](c3ccccn3)[C@H]2c2ccc(-c3ccccc3)o2)cc1. The minimum atomic E-state index is -0.128. The molecule has 1 N–H and O–H groups in total. The number of thiocarbonyl (C=S) groups is 1. The number of ether oxygens (including phenoxy) is 1. The predicted molar refractivity (Wildman–Crippen MR) is 128 cm³/mol. The lowest BCUT2D eigenvalue weighted by Crippen LogP contribution is -2.29. The summed E-state index contributed by atoms with van der Waals surface area (Å²) in [7, 11) is 1.67. The van der Waals surface area contributed by atoms with E-state index < -0.39 is 0 Å². The fourth-order valence-corrected chi connectivity index (χ4v) is 4.39. The largest absolute Gasteiger partial charge is 0.497 e. The van der Waals surface area contributed by atoms with Crippen LogP contribution in [0.2, 0.25) is 0 Å². The number of pyridine rings is 1. The number of hydrogen-bond donors (Lipinski definition) is 1. The molecule has 160 valence electrons. The van der Waals surface area contributed by atoms with Crippen LogP contribution in [-0.2, 0) is 6.54 Å². The lowest BCUT2D eigenvalue weighted by molar-refractivity contribution is 0.269. The molecule has 0 spiro atoms. The maximum Gasteiger partial charge on any atom is 0.170 e. The number of hydrogen-bond acceptors (Lipinski definition) is 4. The van der Waals surface area contributed by atoms with E-state index >= 15 is 0 Å². The summed E-state index contributed by atoms with van der Waals surface area (Å²) in [6.45, 7) is 0.644. The third-order valence-electron chi connectivity index (χ3n) is 5.69. The van der Waals surface area contributed by atoms with E-state index in [2.05, 4.69) is 27.3 Å². The van der Waals surface area contributed by atoms with Gasteiger partial charge in [-0.1, -0.05) is 48.5 Å². The number of nitrogens with zero attached hydrogens (tertiary/aromatic N) is 2. The minimum absolute atomic E-state index is 0.114. The summed E-state index contributed by atoms with van der Waals surface area (Å²) in [6, 6.07) is 27.9. The van der Waals surface area contributed by atoms with Crippen molar-refractivity contribution in [2.24, 2.45) is 0 Å². The summed E-state index contributed by atoms with van der Waals surface area (Å²) in [5, 5.41) is 4.15. The van der Waals surface area contributed by atoms with Gasteiger partial charge in [-0.3, -0.25) is 4.98 Å². The van der Waals surface area contributed by atoms with Gasteiger partial charge in [0.05, 0.1) is 18.8 Å². The van der Waals surface area contributed by atoms with Gasteiger partial charge in [0.25, 0.3) is 0 Å². The van der Waals surface area contributed by atoms with Crippen LogP contribution in [0, 0.1) is 0 Å². The fraction of sp³-hybridized carbons (Fsp3) is 0.154. The molecule has 0 unspecified atom stereocenters. The highest BCUT2D eigenvalue weighted by Gasteiger charge is 2.41. The highest BCUT2D eigenvalue weighted by atomic mass is 32.1. The number of rotatable bonds is 6. The molecular weight excluding hydrogens is 418 g/mol. The smallest absolute Gasteiger partial charge is 0.170 e. The van der Waals surface area contributed by atoms with E-state index in [0.29, 0.717) is 11.7 Å². The zero-order chi connectivity index (χ0) is 21.9. The van der Waals surface area contributed by atoms with E-state index in [1.807, 2.05) is 72.8 Å². The van der Waals surface area contributed by atoms with Crippen LogP contribution in [0.4, 0.5) is 0 Å². The summed E-state index contributed by atoms with van der Waals surface area (Å²) in [5.41, 5.74) is 3.11. The second-order valence-corrected chi connectivity index (χ2v) is 8.06. The zero-order valence-corrected chi connectivity index (χ0v) is 18.5. The Balaban J connectivity index is 1.51. The highest BCUT2D eigenvalue weighted by molar-refractivity contribution is 7.80. The summed E-state index contributed by atoms with van der Waals surface area (Å²) in [4.78, 5) is 6.76. The van der Waals surface area contributed by atoms with Gasteiger partial charge in [0.15, 0.2) is 5.11 Å². The lowest BCUT2D eigenvalue weighted by Gasteiger charge is -2.26. The van der Waals surface area contributed by atoms with Crippen molar-refractivity contribution in [1.29, 1.82) is 0 Å². The van der Waals surface area contributed by atoms with Crippen LogP contribution in [0.3, 0.4) is 0 Å². The van der Waals surface area contributed by atoms with Gasteiger partial charge in [-0.25, -0.2) is 0 Å². The molecule has 5 rings (SSSR count). The number of nitrogens with one attached hydrogen (secondary N) is 1. The van der Waals surface area contributed by atoms with Crippen molar-refractivity contribution in [2.75, 3.05) is 7.11 Å². The molecule has 0 saturated carbocycles. The normalized spacial score (nSPS) is 17.9. The fourth-order valence-electron chi connectivity index (χ4n) is 4.08. The van der Waals surface area contributed by atoms with E-state index in [4.69, 9.17) is 21.4 Å². The number of aromatic nitrogens is 1. The average Bonchev–Trinajstić information content (AvgIpc) is 3.46. The summed E-state index contributed by atoms with van der Waals surface area (Å²) < 4.78 is 11.7. The molecular formula is C26H23N3O2S. The van der Waals surface area contributed by atoms with Gasteiger partial charge in [-0.15, -0.1) is 0 Å². The molecule has 0 bridgehead atoms. The van der Waals surface area contributed by atoms with Gasteiger partial charge in [0.1, 0.15) is 23.3 Å². The zero-order valence-electron chi connectivity index (χ0n) is 17.6. The summed E-state index contributed by atoms with van der Waals surface area (Å²) in [6.07, 6.45) is 1.81. The minimum Gasteiger partial charge on any atom is -0.497 e. The second kappa shape index (κ2) is 8.85. The van der Waals surface area contributed by atoms with Crippen LogP contribution in [0.25, 0.3) is 11.3 Å². The average molecular weight is 442 g/mol. The Bertz CT molecular complexity index is 1190. The molecule has 3 heterocycles. The van der Waals surface area contributed by atoms with Crippen molar-refractivity contribution in [1.82, 2.24) is 15.2 Å². The van der Waals surface area contributed by atoms with E-state index in [-0.39, 0.29) is 12.1 Å². The molecule has 1 aliphatic heterocycles. The van der Waals surface area contributed by atoms with E-state index in [9.17, 15) is 0 Å². The van der Waals surface area contributed by atoms with Gasteiger partial charge in [-0.2, -0.15) is 0 Å². The Hall–Kier alpha value is -3.64. The van der Waals surface area contributed by atoms with Gasteiger partial charge in [-0.05, 0) is 54.2 Å². The molecule has 1 aliphatic rings. The first-order chi connectivity index (χ1) is 15.7. The molecule has 6 heteroatoms. The second-order valence-electron chi connectivity index (χ2n) is 7.67. The molecule has 1 saturated heterocycles. The van der Waals surface area contributed by atoms with Gasteiger partial charge < -0.3 is 19.4 Å². The van der Waals surface area contributed by atoms with E-state index in [1.54, 1.807) is 13.3 Å². The maximum atomic E-state index is 6.37. The van der Waals surface area contributed by atoms with Crippen LogP contribution in [0.5, 0.6) is 5.75 Å². The molecule has 32 heavy (non-hydrogen) atoms. The molecule has 0 radical (unpaired) electrons. The number of furan rings is 1. The van der Waals surface area contributed by atoms with Crippen LogP contribution in [0.15, 0.2) is 95.5 Å². The molecule has 2 atom stereocenters. The Morgan fingerprint density at radius 2 is 1.75 bits per heavy atom. The van der Waals surface area contributed by atoms with Crippen molar-refractivity contribution in [3.05, 3.63) is 108 Å². The quantitative estimate of drug-likeness (QED) is 0.398. The molecule has 1 fully saturated rings. The lowest BCUT2D eigenvalue weighted by atomic mass is 10.0. The number of benzene rings is 2. The van der Waals surface area contributed by atoms with Gasteiger partial charge in [0, 0.05) is 18.3 Å². The van der Waals surface area contributed by atoms with E-state index in [0.717, 1.165) is 34.1 Å². The monoisotopic (exact) mass is 441 g/mol. The first-order valence-electron chi connectivity index (χ1n) is 10.5. The molecule has 5 nitrogen and oxygen atoms in total. The van der Waals surface area contributed by atoms with Crippen molar-refractivity contribution in [3.63, 3.8) is 0 Å². The number of methoxy groups -OCH3 is 1.